The van der Waals surface area contributed by atoms with Crippen LogP contribution in [0.3, 0.4) is 0 Å². The molecule has 0 aliphatic carbocycles. The van der Waals surface area contributed by atoms with Crippen molar-refractivity contribution in [3.63, 3.8) is 0 Å². The van der Waals surface area contributed by atoms with Crippen LogP contribution in [0.15, 0.2) is 24.3 Å². The van der Waals surface area contributed by atoms with Gasteiger partial charge >= 0.3 is 0 Å². The Morgan fingerprint density at radius 2 is 1.84 bits per heavy atom. The first-order valence-corrected chi connectivity index (χ1v) is 9.16. The fraction of sp³-hybridized carbons (Fsp3) is 0.600. The van der Waals surface area contributed by atoms with Crippen molar-refractivity contribution in [2.24, 2.45) is 5.41 Å². The summed E-state index contributed by atoms with van der Waals surface area (Å²) >= 11 is 0. The molecule has 1 saturated heterocycles. The number of hydrogen-bond acceptors (Lipinski definition) is 3. The minimum absolute atomic E-state index is 0.0618. The number of nitrogens with one attached hydrogen (secondary N) is 1. The van der Waals surface area contributed by atoms with Crippen LogP contribution in [0, 0.1) is 5.41 Å². The molecule has 1 N–H and O–H groups in total. The van der Waals surface area contributed by atoms with Gasteiger partial charge in [0.05, 0.1) is 7.11 Å². The lowest BCUT2D eigenvalue weighted by molar-refractivity contribution is -0.148. The van der Waals surface area contributed by atoms with Crippen molar-refractivity contribution in [2.75, 3.05) is 26.7 Å². The van der Waals surface area contributed by atoms with Crippen LogP contribution in [-0.2, 0) is 16.0 Å². The lowest BCUT2D eigenvalue weighted by Gasteiger charge is -2.30. The van der Waals surface area contributed by atoms with Crippen LogP contribution in [0.1, 0.15) is 45.1 Å². The van der Waals surface area contributed by atoms with Gasteiger partial charge < -0.3 is 15.0 Å². The number of methoxy groups -OCH3 is 1. The molecule has 25 heavy (non-hydrogen) atoms. The Morgan fingerprint density at radius 3 is 2.48 bits per heavy atom. The Morgan fingerprint density at radius 1 is 1.16 bits per heavy atom. The standard InChI is InChI=1S/C20H30N2O3/c1-20(2,19(24)22-13-6-4-5-7-14-22)18(23)21-12-11-16-9-8-10-17(15-16)25-3/h8-10,15H,4-7,11-14H2,1-3H3,(H,21,23). The predicted molar refractivity (Wildman–Crippen MR) is 98.5 cm³/mol. The Labute approximate surface area is 150 Å². The van der Waals surface area contributed by atoms with Gasteiger partial charge in [-0.2, -0.15) is 0 Å². The van der Waals surface area contributed by atoms with Gasteiger partial charge in [-0.15, -0.1) is 0 Å². The SMILES string of the molecule is COc1cccc(CCNC(=O)C(C)(C)C(=O)N2CCCCCC2)c1. The number of rotatable bonds is 6. The summed E-state index contributed by atoms with van der Waals surface area (Å²) in [6.07, 6.45) is 5.09. The van der Waals surface area contributed by atoms with Crippen LogP contribution in [0.4, 0.5) is 0 Å². The predicted octanol–water partition coefficient (Wildman–Crippen LogP) is 2.78. The molecule has 1 aliphatic heterocycles. The molecule has 1 aromatic rings. The smallest absolute Gasteiger partial charge is 0.237 e. The molecule has 2 amide bonds. The van der Waals surface area contributed by atoms with E-state index in [-0.39, 0.29) is 11.8 Å². The molecule has 0 aromatic heterocycles. The van der Waals surface area contributed by atoms with E-state index in [0.717, 1.165) is 50.1 Å². The summed E-state index contributed by atoms with van der Waals surface area (Å²) < 4.78 is 5.21. The highest BCUT2D eigenvalue weighted by atomic mass is 16.5. The first-order valence-electron chi connectivity index (χ1n) is 9.16. The average Bonchev–Trinajstić information content (AvgIpc) is 2.90. The summed E-state index contributed by atoms with van der Waals surface area (Å²) in [5.41, 5.74) is 0.0647. The number of benzene rings is 1. The first-order chi connectivity index (χ1) is 11.9. The summed E-state index contributed by atoms with van der Waals surface area (Å²) in [5, 5.41) is 2.92. The van der Waals surface area contributed by atoms with Gasteiger partial charge in [0.25, 0.3) is 0 Å². The van der Waals surface area contributed by atoms with Crippen molar-refractivity contribution in [3.05, 3.63) is 29.8 Å². The second-order valence-corrected chi connectivity index (χ2v) is 7.19. The van der Waals surface area contributed by atoms with Gasteiger partial charge in [0.2, 0.25) is 11.8 Å². The third-order valence-electron chi connectivity index (χ3n) is 4.83. The van der Waals surface area contributed by atoms with Crippen molar-refractivity contribution in [3.8, 4) is 5.75 Å². The molecule has 1 heterocycles. The third kappa shape index (κ3) is 5.21. The van der Waals surface area contributed by atoms with Gasteiger partial charge in [0.1, 0.15) is 11.2 Å². The lowest BCUT2D eigenvalue weighted by atomic mass is 9.90. The van der Waals surface area contributed by atoms with E-state index in [1.165, 1.54) is 0 Å². The van der Waals surface area contributed by atoms with E-state index < -0.39 is 5.41 Å². The van der Waals surface area contributed by atoms with Gasteiger partial charge in [0, 0.05) is 19.6 Å². The van der Waals surface area contributed by atoms with E-state index in [4.69, 9.17) is 4.74 Å². The van der Waals surface area contributed by atoms with Gasteiger partial charge in [-0.05, 0) is 50.8 Å². The highest BCUT2D eigenvalue weighted by Gasteiger charge is 2.38. The Balaban J connectivity index is 1.88. The van der Waals surface area contributed by atoms with Crippen molar-refractivity contribution in [1.82, 2.24) is 10.2 Å². The molecule has 0 atom stereocenters. The zero-order valence-electron chi connectivity index (χ0n) is 15.6. The minimum Gasteiger partial charge on any atom is -0.497 e. The van der Waals surface area contributed by atoms with Crippen molar-refractivity contribution in [2.45, 2.75) is 46.0 Å². The molecule has 0 saturated carbocycles. The molecule has 1 aromatic carbocycles. The molecule has 0 bridgehead atoms. The monoisotopic (exact) mass is 346 g/mol. The molecule has 0 unspecified atom stereocenters. The molecular formula is C20H30N2O3. The Kier molecular flexibility index (Phi) is 6.85. The maximum atomic E-state index is 12.8. The molecule has 5 nitrogen and oxygen atoms in total. The summed E-state index contributed by atoms with van der Waals surface area (Å²) in [6.45, 7) is 5.48. The van der Waals surface area contributed by atoms with E-state index in [0.29, 0.717) is 13.0 Å². The topological polar surface area (TPSA) is 58.6 Å². The Bertz CT molecular complexity index is 590. The number of nitrogens with zero attached hydrogens (tertiary/aromatic N) is 1. The fourth-order valence-electron chi connectivity index (χ4n) is 3.14. The summed E-state index contributed by atoms with van der Waals surface area (Å²) in [6, 6.07) is 7.79. The molecule has 1 fully saturated rings. The van der Waals surface area contributed by atoms with E-state index in [9.17, 15) is 9.59 Å². The van der Waals surface area contributed by atoms with Gasteiger partial charge in [-0.3, -0.25) is 9.59 Å². The maximum Gasteiger partial charge on any atom is 0.237 e. The van der Waals surface area contributed by atoms with Crippen molar-refractivity contribution in [1.29, 1.82) is 0 Å². The summed E-state index contributed by atoms with van der Waals surface area (Å²) in [7, 11) is 1.64. The first kappa shape index (κ1) is 19.3. The summed E-state index contributed by atoms with van der Waals surface area (Å²) in [4.78, 5) is 27.2. The van der Waals surface area contributed by atoms with E-state index in [1.807, 2.05) is 29.2 Å². The number of carbonyl (C=O) groups is 2. The molecular weight excluding hydrogens is 316 g/mol. The van der Waals surface area contributed by atoms with Crippen LogP contribution >= 0.6 is 0 Å². The second kappa shape index (κ2) is 8.88. The van der Waals surface area contributed by atoms with E-state index in [1.54, 1.807) is 21.0 Å². The number of amides is 2. The Hall–Kier alpha value is -2.04. The van der Waals surface area contributed by atoms with E-state index in [2.05, 4.69) is 5.32 Å². The number of ether oxygens (including phenoxy) is 1. The molecule has 138 valence electrons. The maximum absolute atomic E-state index is 12.8. The number of hydrogen-bond donors (Lipinski definition) is 1. The molecule has 1 aliphatic rings. The lowest BCUT2D eigenvalue weighted by Crippen LogP contribution is -2.50. The highest BCUT2D eigenvalue weighted by molar-refractivity contribution is 6.04. The quantitative estimate of drug-likeness (QED) is 0.806. The van der Waals surface area contributed by atoms with Gasteiger partial charge in [-0.25, -0.2) is 0 Å². The van der Waals surface area contributed by atoms with Crippen LogP contribution in [0.25, 0.3) is 0 Å². The van der Waals surface area contributed by atoms with Gasteiger partial charge in [0.15, 0.2) is 0 Å². The van der Waals surface area contributed by atoms with Gasteiger partial charge in [-0.1, -0.05) is 25.0 Å². The van der Waals surface area contributed by atoms with Crippen molar-refractivity contribution >= 4 is 11.8 Å². The molecule has 0 radical (unpaired) electrons. The largest absolute Gasteiger partial charge is 0.497 e. The highest BCUT2D eigenvalue weighted by Crippen LogP contribution is 2.22. The normalized spacial score (nSPS) is 15.4. The third-order valence-corrected chi connectivity index (χ3v) is 4.83. The zero-order valence-corrected chi connectivity index (χ0v) is 15.6. The van der Waals surface area contributed by atoms with Crippen LogP contribution < -0.4 is 10.1 Å². The molecule has 0 spiro atoms. The number of likely N-dealkylation sites (tertiary alicyclic amines) is 1. The molecule has 5 heteroatoms. The van der Waals surface area contributed by atoms with Crippen molar-refractivity contribution < 1.29 is 14.3 Å². The minimum atomic E-state index is -1.03. The average molecular weight is 346 g/mol. The zero-order chi connectivity index (χ0) is 18.3. The summed E-state index contributed by atoms with van der Waals surface area (Å²) in [5.74, 6) is 0.540. The second-order valence-electron chi connectivity index (χ2n) is 7.19. The van der Waals surface area contributed by atoms with E-state index >= 15 is 0 Å². The van der Waals surface area contributed by atoms with Crippen LogP contribution in [0.2, 0.25) is 0 Å². The van der Waals surface area contributed by atoms with Crippen LogP contribution in [-0.4, -0.2) is 43.5 Å². The molecule has 2 rings (SSSR count). The fourth-order valence-corrected chi connectivity index (χ4v) is 3.14. The number of carbonyl (C=O) groups excluding carboxylic acids is 2. The van der Waals surface area contributed by atoms with Crippen LogP contribution in [0.5, 0.6) is 5.75 Å².